The summed E-state index contributed by atoms with van der Waals surface area (Å²) in [6.07, 6.45) is 4.88. The molecule has 0 amide bonds. The highest BCUT2D eigenvalue weighted by Crippen LogP contribution is 2.59. The van der Waals surface area contributed by atoms with E-state index in [9.17, 15) is 4.79 Å². The molecular weight excluding hydrogens is 408 g/mol. The molecule has 0 radical (unpaired) electrons. The summed E-state index contributed by atoms with van der Waals surface area (Å²) in [4.78, 5) is 12.9. The minimum Gasteiger partial charge on any atom is -0.460 e. The normalized spacial score (nSPS) is 36.9. The van der Waals surface area contributed by atoms with Gasteiger partial charge in [0, 0.05) is 7.11 Å². The average molecular weight is 453 g/mol. The lowest BCUT2D eigenvalue weighted by Crippen LogP contribution is -2.55. The summed E-state index contributed by atoms with van der Waals surface area (Å²) < 4.78 is 30.1. The highest BCUT2D eigenvalue weighted by atomic mass is 16.6. The number of allylic oxidation sites excluding steroid dienone is 1. The van der Waals surface area contributed by atoms with Gasteiger partial charge in [-0.05, 0) is 65.7 Å². The SMILES string of the molecule is COC1C(OC(=O)C[C@@H](COC(C)C)C(C)C)CC[C@]2(CO2)C1C1(C)O[C@@H]1CC=C(C)C. The summed E-state index contributed by atoms with van der Waals surface area (Å²) in [5, 5.41) is 0. The van der Waals surface area contributed by atoms with Crippen LogP contribution in [0, 0.1) is 17.8 Å². The van der Waals surface area contributed by atoms with E-state index in [0.29, 0.717) is 18.9 Å². The van der Waals surface area contributed by atoms with Gasteiger partial charge >= 0.3 is 5.97 Å². The minimum absolute atomic E-state index is 0.0484. The van der Waals surface area contributed by atoms with Crippen LogP contribution >= 0.6 is 0 Å². The molecule has 4 unspecified atom stereocenters. The van der Waals surface area contributed by atoms with Crippen molar-refractivity contribution in [3.63, 3.8) is 0 Å². The number of esters is 1. The van der Waals surface area contributed by atoms with Crippen molar-refractivity contribution in [1.29, 1.82) is 0 Å². The van der Waals surface area contributed by atoms with Crippen molar-refractivity contribution in [3.8, 4) is 0 Å². The van der Waals surface area contributed by atoms with Crippen molar-refractivity contribution in [2.24, 2.45) is 17.8 Å². The zero-order valence-corrected chi connectivity index (χ0v) is 21.3. The first-order chi connectivity index (χ1) is 15.0. The fourth-order valence-corrected chi connectivity index (χ4v) is 5.30. The average Bonchev–Trinajstić information content (AvgIpc) is 3.62. The van der Waals surface area contributed by atoms with Crippen molar-refractivity contribution in [1.82, 2.24) is 0 Å². The van der Waals surface area contributed by atoms with Gasteiger partial charge in [0.05, 0.1) is 37.8 Å². The second-order valence-corrected chi connectivity index (χ2v) is 11.0. The molecule has 1 spiro atoms. The largest absolute Gasteiger partial charge is 0.460 e. The fourth-order valence-electron chi connectivity index (χ4n) is 5.30. The van der Waals surface area contributed by atoms with Crippen molar-refractivity contribution in [3.05, 3.63) is 11.6 Å². The molecule has 2 heterocycles. The maximum absolute atomic E-state index is 12.9. The monoisotopic (exact) mass is 452 g/mol. The molecule has 0 N–H and O–H groups in total. The van der Waals surface area contributed by atoms with E-state index in [1.807, 2.05) is 13.8 Å². The Morgan fingerprint density at radius 3 is 2.44 bits per heavy atom. The molecule has 3 rings (SSSR count). The van der Waals surface area contributed by atoms with E-state index in [1.165, 1.54) is 5.57 Å². The zero-order valence-electron chi connectivity index (χ0n) is 21.3. The molecule has 32 heavy (non-hydrogen) atoms. The Hall–Kier alpha value is -0.950. The lowest BCUT2D eigenvalue weighted by molar-refractivity contribution is -0.173. The first-order valence-corrected chi connectivity index (χ1v) is 12.3. The third-order valence-corrected chi connectivity index (χ3v) is 7.54. The van der Waals surface area contributed by atoms with Gasteiger partial charge in [-0.3, -0.25) is 4.79 Å². The maximum Gasteiger partial charge on any atom is 0.306 e. The molecule has 1 aliphatic carbocycles. The molecule has 6 heteroatoms. The van der Waals surface area contributed by atoms with Gasteiger partial charge in [-0.1, -0.05) is 25.5 Å². The number of carbonyl (C=O) groups excluding carboxylic acids is 1. The van der Waals surface area contributed by atoms with Gasteiger partial charge < -0.3 is 23.7 Å². The van der Waals surface area contributed by atoms with E-state index < -0.39 is 0 Å². The summed E-state index contributed by atoms with van der Waals surface area (Å²) in [6.45, 7) is 16.0. The predicted molar refractivity (Wildman–Crippen MR) is 123 cm³/mol. The van der Waals surface area contributed by atoms with Gasteiger partial charge in [-0.15, -0.1) is 0 Å². The minimum atomic E-state index is -0.320. The van der Waals surface area contributed by atoms with Gasteiger partial charge in [0.1, 0.15) is 23.4 Å². The molecule has 184 valence electrons. The van der Waals surface area contributed by atoms with Crippen LogP contribution in [0.1, 0.15) is 74.1 Å². The Morgan fingerprint density at radius 2 is 1.91 bits per heavy atom. The van der Waals surface area contributed by atoms with E-state index in [0.717, 1.165) is 25.9 Å². The van der Waals surface area contributed by atoms with Crippen LogP contribution in [0.15, 0.2) is 11.6 Å². The summed E-state index contributed by atoms with van der Waals surface area (Å²) in [5.74, 6) is 0.363. The number of methoxy groups -OCH3 is 1. The van der Waals surface area contributed by atoms with Gasteiger partial charge in [0.2, 0.25) is 0 Å². The number of epoxide rings is 2. The first kappa shape index (κ1) is 25.7. The smallest absolute Gasteiger partial charge is 0.306 e. The molecule has 1 saturated carbocycles. The molecule has 0 aromatic rings. The standard InChI is InChI=1S/C26H44O6/c1-16(2)9-10-21-25(7,32-21)24-23(28-8)20(11-12-26(24)15-30-26)31-22(27)13-19(17(3)4)14-29-18(5)6/h9,17-21,23-24H,10-15H2,1-8H3/t19-,20?,21+,23?,24?,25?,26-/m0/s1. The van der Waals surface area contributed by atoms with E-state index >= 15 is 0 Å². The van der Waals surface area contributed by atoms with E-state index in [1.54, 1.807) is 7.11 Å². The van der Waals surface area contributed by atoms with Crippen molar-refractivity contribution in [2.75, 3.05) is 20.3 Å². The third kappa shape index (κ3) is 5.75. The summed E-state index contributed by atoms with van der Waals surface area (Å²) >= 11 is 0. The van der Waals surface area contributed by atoms with Crippen molar-refractivity contribution < 1.29 is 28.5 Å². The lowest BCUT2D eigenvalue weighted by atomic mass is 9.68. The Kier molecular flexibility index (Phi) is 8.12. The Balaban J connectivity index is 1.66. The highest BCUT2D eigenvalue weighted by Gasteiger charge is 2.72. The van der Waals surface area contributed by atoms with E-state index in [2.05, 4.69) is 40.7 Å². The molecule has 0 bridgehead atoms. The summed E-state index contributed by atoms with van der Waals surface area (Å²) in [6, 6.07) is 0. The second-order valence-electron chi connectivity index (χ2n) is 11.0. The number of hydrogen-bond acceptors (Lipinski definition) is 6. The van der Waals surface area contributed by atoms with Crippen LogP contribution in [0.3, 0.4) is 0 Å². The quantitative estimate of drug-likeness (QED) is 0.257. The van der Waals surface area contributed by atoms with Crippen LogP contribution in [0.5, 0.6) is 0 Å². The van der Waals surface area contributed by atoms with Gasteiger partial charge in [0.15, 0.2) is 0 Å². The molecule has 0 aromatic carbocycles. The molecule has 2 aliphatic heterocycles. The van der Waals surface area contributed by atoms with E-state index in [4.69, 9.17) is 23.7 Å². The van der Waals surface area contributed by atoms with Gasteiger partial charge in [-0.25, -0.2) is 0 Å². The molecule has 7 atom stereocenters. The van der Waals surface area contributed by atoms with Crippen molar-refractivity contribution >= 4 is 5.97 Å². The van der Waals surface area contributed by atoms with Crippen LogP contribution < -0.4 is 0 Å². The molecule has 3 aliphatic rings. The van der Waals surface area contributed by atoms with Crippen molar-refractivity contribution in [2.45, 2.75) is 110 Å². The van der Waals surface area contributed by atoms with Gasteiger partial charge in [-0.2, -0.15) is 0 Å². The van der Waals surface area contributed by atoms with Crippen LogP contribution in [0.4, 0.5) is 0 Å². The molecule has 6 nitrogen and oxygen atoms in total. The van der Waals surface area contributed by atoms with Gasteiger partial charge in [0.25, 0.3) is 0 Å². The number of hydrogen-bond donors (Lipinski definition) is 0. The molecule has 2 saturated heterocycles. The fraction of sp³-hybridized carbons (Fsp3) is 0.885. The molecule has 0 aromatic heterocycles. The Morgan fingerprint density at radius 1 is 1.22 bits per heavy atom. The van der Waals surface area contributed by atoms with E-state index in [-0.39, 0.29) is 53.4 Å². The zero-order chi connectivity index (χ0) is 23.7. The Bertz CT molecular complexity index is 678. The Labute approximate surface area is 194 Å². The first-order valence-electron chi connectivity index (χ1n) is 12.3. The van der Waals surface area contributed by atoms with Crippen LogP contribution in [0.2, 0.25) is 0 Å². The number of ether oxygens (including phenoxy) is 5. The topological polar surface area (TPSA) is 69.8 Å². The summed E-state index contributed by atoms with van der Waals surface area (Å²) in [5.41, 5.74) is 0.767. The van der Waals surface area contributed by atoms with Crippen LogP contribution in [0.25, 0.3) is 0 Å². The lowest BCUT2D eigenvalue weighted by Gasteiger charge is -2.42. The molecular formula is C26H44O6. The number of rotatable bonds is 11. The van der Waals surface area contributed by atoms with Crippen LogP contribution in [-0.4, -0.2) is 61.9 Å². The highest BCUT2D eigenvalue weighted by molar-refractivity contribution is 5.70. The predicted octanol–water partition coefficient (Wildman–Crippen LogP) is 4.69. The number of carbonyl (C=O) groups is 1. The van der Waals surface area contributed by atoms with Crippen LogP contribution in [-0.2, 0) is 28.5 Å². The summed E-state index contributed by atoms with van der Waals surface area (Å²) in [7, 11) is 1.71. The maximum atomic E-state index is 12.9. The second kappa shape index (κ2) is 10.1. The third-order valence-electron chi connectivity index (χ3n) is 7.54. The molecule has 3 fully saturated rings.